The molecule has 2 aromatic heterocycles. The van der Waals surface area contributed by atoms with E-state index in [9.17, 15) is 18.0 Å². The number of thiophene rings is 1. The van der Waals surface area contributed by atoms with Gasteiger partial charge in [0.05, 0.1) is 12.2 Å². The Morgan fingerprint density at radius 1 is 1.14 bits per heavy atom. The maximum absolute atomic E-state index is 13.5. The van der Waals surface area contributed by atoms with Crippen molar-refractivity contribution < 1.29 is 18.0 Å². The number of hydrogen-bond acceptors (Lipinski definition) is 9. The highest BCUT2D eigenvalue weighted by molar-refractivity contribution is 7.91. The summed E-state index contributed by atoms with van der Waals surface area (Å²) in [5.74, 6) is 1.77. The van der Waals surface area contributed by atoms with E-state index in [1.54, 1.807) is 24.3 Å². The van der Waals surface area contributed by atoms with Crippen molar-refractivity contribution in [2.24, 2.45) is 0 Å². The molecule has 0 bridgehead atoms. The Morgan fingerprint density at radius 2 is 1.89 bits per heavy atom. The molecule has 0 saturated carbocycles. The van der Waals surface area contributed by atoms with Crippen LogP contribution in [0.15, 0.2) is 28.5 Å². The molecule has 0 aliphatic carbocycles. The topological polar surface area (TPSA) is 106 Å². The van der Waals surface area contributed by atoms with E-state index in [0.717, 1.165) is 32.0 Å². The van der Waals surface area contributed by atoms with Crippen molar-refractivity contribution in [2.75, 3.05) is 40.8 Å². The van der Waals surface area contributed by atoms with Crippen molar-refractivity contribution in [2.45, 2.75) is 23.3 Å². The third kappa shape index (κ3) is 4.65. The van der Waals surface area contributed by atoms with Gasteiger partial charge in [0.25, 0.3) is 15.9 Å². The van der Waals surface area contributed by atoms with Crippen LogP contribution in [0.5, 0.6) is 0 Å². The average Bonchev–Trinajstić information content (AvgIpc) is 3.51. The summed E-state index contributed by atoms with van der Waals surface area (Å²) in [5, 5.41) is 7.74. The molecule has 1 saturated heterocycles. The van der Waals surface area contributed by atoms with Crippen molar-refractivity contribution in [3.05, 3.63) is 45.4 Å². The minimum Gasteiger partial charge on any atom is -0.357 e. The number of nitrogens with zero attached hydrogens (tertiary/aromatic N) is 5. The van der Waals surface area contributed by atoms with Crippen LogP contribution in [0, 0.1) is 12.3 Å². The van der Waals surface area contributed by atoms with Crippen LogP contribution in [0.3, 0.4) is 0 Å². The number of fused-ring (bicyclic) bond motifs is 2. The lowest BCUT2D eigenvalue weighted by Crippen LogP contribution is -2.61. The fraction of sp³-hybridized carbons (Fsp3) is 0.375. The fourth-order valence-electron chi connectivity index (χ4n) is 4.47. The second kappa shape index (κ2) is 9.79. The summed E-state index contributed by atoms with van der Waals surface area (Å²) in [4.78, 5) is 33.4. The maximum atomic E-state index is 13.5. The number of hydrazine groups is 1. The minimum atomic E-state index is -3.89. The van der Waals surface area contributed by atoms with Gasteiger partial charge in [-0.3, -0.25) is 9.59 Å². The van der Waals surface area contributed by atoms with Crippen LogP contribution in [0.25, 0.3) is 10.1 Å². The lowest BCUT2D eigenvalue weighted by molar-refractivity contribution is -0.126. The van der Waals surface area contributed by atoms with Gasteiger partial charge in [-0.1, -0.05) is 12.0 Å². The Morgan fingerprint density at radius 3 is 2.62 bits per heavy atom. The van der Waals surface area contributed by atoms with Crippen LogP contribution in [-0.2, 0) is 27.9 Å². The van der Waals surface area contributed by atoms with Crippen molar-refractivity contribution in [1.82, 2.24) is 29.5 Å². The highest BCUT2D eigenvalue weighted by Crippen LogP contribution is 2.33. The van der Waals surface area contributed by atoms with E-state index in [0.29, 0.717) is 23.7 Å². The second-order valence-electron chi connectivity index (χ2n) is 8.97. The fourth-order valence-corrected chi connectivity index (χ4v) is 8.58. The normalized spacial score (nSPS) is 19.5. The summed E-state index contributed by atoms with van der Waals surface area (Å²) < 4.78 is 29.3. The molecule has 5 rings (SSSR count). The standard InChI is InChI=1S/C24H26N6O4S3/c1-5-15-6-7-16-11-21(35-19(16)10-15)37(33,34)29-8-9-30(18(13-29)22(31)25-2)24(32)23-26-17-12-27(3)28(4)14-20(17)36-23/h1,6-7,10-11,18H,8-9,12-14H2,2-4H3,(H,25,31). The van der Waals surface area contributed by atoms with Gasteiger partial charge < -0.3 is 10.2 Å². The molecule has 37 heavy (non-hydrogen) atoms. The Hall–Kier alpha value is -2.86. The molecule has 1 fully saturated rings. The molecule has 0 radical (unpaired) electrons. The predicted molar refractivity (Wildman–Crippen MR) is 142 cm³/mol. The number of hydrogen-bond donors (Lipinski definition) is 1. The Labute approximate surface area is 223 Å². The largest absolute Gasteiger partial charge is 0.357 e. The van der Waals surface area contributed by atoms with Crippen molar-refractivity contribution in [3.63, 3.8) is 0 Å². The third-order valence-electron chi connectivity index (χ3n) is 6.71. The molecule has 0 spiro atoms. The molecule has 1 unspecified atom stereocenters. The van der Waals surface area contributed by atoms with Crippen molar-refractivity contribution in [1.29, 1.82) is 0 Å². The van der Waals surface area contributed by atoms with Crippen LogP contribution in [0.4, 0.5) is 0 Å². The highest BCUT2D eigenvalue weighted by atomic mass is 32.2. The number of carbonyl (C=O) groups is 2. The summed E-state index contributed by atoms with van der Waals surface area (Å²) >= 11 is 2.47. The number of rotatable bonds is 4. The number of benzene rings is 1. The summed E-state index contributed by atoms with van der Waals surface area (Å²) in [5.41, 5.74) is 1.52. The summed E-state index contributed by atoms with van der Waals surface area (Å²) in [6.07, 6.45) is 5.48. The zero-order valence-corrected chi connectivity index (χ0v) is 23.0. The van der Waals surface area contributed by atoms with Crippen LogP contribution in [0.1, 0.15) is 25.9 Å². The van der Waals surface area contributed by atoms with Gasteiger partial charge in [0.2, 0.25) is 5.91 Å². The predicted octanol–water partition coefficient (Wildman–Crippen LogP) is 1.39. The van der Waals surface area contributed by atoms with Crippen molar-refractivity contribution in [3.8, 4) is 12.3 Å². The van der Waals surface area contributed by atoms with Crippen LogP contribution >= 0.6 is 22.7 Å². The molecule has 2 amide bonds. The number of sulfonamides is 1. The number of terminal acetylenes is 1. The van der Waals surface area contributed by atoms with E-state index in [1.807, 2.05) is 24.1 Å². The number of aromatic nitrogens is 1. The molecule has 194 valence electrons. The first-order chi connectivity index (χ1) is 17.6. The van der Waals surface area contributed by atoms with Gasteiger partial charge in [-0.15, -0.1) is 29.1 Å². The number of likely N-dealkylation sites (N-methyl/N-ethyl adjacent to an activating group) is 1. The molecule has 4 heterocycles. The first-order valence-electron chi connectivity index (χ1n) is 11.6. The molecule has 1 atom stereocenters. The first kappa shape index (κ1) is 25.8. The van der Waals surface area contributed by atoms with Gasteiger partial charge >= 0.3 is 0 Å². The van der Waals surface area contributed by atoms with Gasteiger partial charge in [0, 0.05) is 62.5 Å². The smallest absolute Gasteiger partial charge is 0.283 e. The number of piperazine rings is 1. The molecule has 2 aliphatic heterocycles. The number of carbonyl (C=O) groups excluding carboxylic acids is 2. The summed E-state index contributed by atoms with van der Waals surface area (Å²) in [7, 11) is 1.51. The highest BCUT2D eigenvalue weighted by Gasteiger charge is 2.41. The van der Waals surface area contributed by atoms with Crippen LogP contribution in [-0.4, -0.2) is 91.3 Å². The van der Waals surface area contributed by atoms with Gasteiger partial charge in [-0.2, -0.15) is 4.31 Å². The average molecular weight is 559 g/mol. The van der Waals surface area contributed by atoms with E-state index < -0.39 is 22.0 Å². The second-order valence-corrected chi connectivity index (χ2v) is 13.3. The monoisotopic (exact) mass is 558 g/mol. The van der Waals surface area contributed by atoms with E-state index >= 15 is 0 Å². The molecular weight excluding hydrogens is 533 g/mol. The number of amides is 2. The Balaban J connectivity index is 1.40. The molecule has 1 aromatic carbocycles. The number of nitrogens with one attached hydrogen (secondary N) is 1. The Kier molecular flexibility index (Phi) is 6.82. The van der Waals surface area contributed by atoms with Crippen molar-refractivity contribution >= 4 is 54.6 Å². The van der Waals surface area contributed by atoms with Crippen LogP contribution < -0.4 is 5.32 Å². The zero-order valence-electron chi connectivity index (χ0n) is 20.6. The summed E-state index contributed by atoms with van der Waals surface area (Å²) in [6.45, 7) is 1.25. The van der Waals surface area contributed by atoms with E-state index in [2.05, 4.69) is 16.2 Å². The molecule has 13 heteroatoms. The van der Waals surface area contributed by atoms with Gasteiger partial charge in [0.1, 0.15) is 10.3 Å². The molecule has 3 aromatic rings. The number of thiazole rings is 1. The first-order valence-corrected chi connectivity index (χ1v) is 14.6. The lowest BCUT2D eigenvalue weighted by atomic mass is 10.1. The zero-order chi connectivity index (χ0) is 26.5. The SMILES string of the molecule is C#Cc1ccc2cc(S(=O)(=O)N3CCN(C(=O)c4nc5c(s4)CN(C)N(C)C5)C(C(=O)NC)C3)sc2c1. The maximum Gasteiger partial charge on any atom is 0.283 e. The van der Waals surface area contributed by atoms with E-state index in [-0.39, 0.29) is 29.8 Å². The van der Waals surface area contributed by atoms with Gasteiger partial charge in [0.15, 0.2) is 5.01 Å². The lowest BCUT2D eigenvalue weighted by Gasteiger charge is -2.39. The molecule has 1 N–H and O–H groups in total. The van der Waals surface area contributed by atoms with Gasteiger partial charge in [-0.05, 0) is 23.6 Å². The third-order valence-corrected chi connectivity index (χ3v) is 11.2. The summed E-state index contributed by atoms with van der Waals surface area (Å²) in [6, 6.07) is 5.99. The Bertz CT molecular complexity index is 1510. The molecule has 10 nitrogen and oxygen atoms in total. The van der Waals surface area contributed by atoms with E-state index in [4.69, 9.17) is 6.42 Å². The quantitative estimate of drug-likeness (QED) is 0.483. The van der Waals surface area contributed by atoms with Gasteiger partial charge in [-0.25, -0.2) is 23.4 Å². The minimum absolute atomic E-state index is 0.0714. The molecular formula is C24H26N6O4S3. The van der Waals surface area contributed by atoms with Crippen LogP contribution in [0.2, 0.25) is 0 Å². The molecule has 2 aliphatic rings. The van der Waals surface area contributed by atoms with E-state index in [1.165, 1.54) is 27.6 Å².